The van der Waals surface area contributed by atoms with Crippen molar-refractivity contribution in [1.82, 2.24) is 15.6 Å². The maximum Gasteiger partial charge on any atom is 0.408 e. The van der Waals surface area contributed by atoms with Crippen LogP contribution in [0.25, 0.3) is 0 Å². The van der Waals surface area contributed by atoms with E-state index < -0.39 is 11.7 Å². The van der Waals surface area contributed by atoms with Gasteiger partial charge < -0.3 is 24.8 Å². The molecule has 2 aromatic rings. The Morgan fingerprint density at radius 3 is 2.62 bits per heavy atom. The molecule has 3 unspecified atom stereocenters. The number of fused-ring (bicyclic) bond motifs is 3. The van der Waals surface area contributed by atoms with Crippen molar-refractivity contribution in [2.24, 2.45) is 0 Å². The van der Waals surface area contributed by atoms with Crippen molar-refractivity contribution in [3.05, 3.63) is 47.8 Å². The molecule has 1 aromatic carbocycles. The van der Waals surface area contributed by atoms with Crippen molar-refractivity contribution in [3.8, 4) is 17.2 Å². The van der Waals surface area contributed by atoms with E-state index in [0.29, 0.717) is 11.5 Å². The summed E-state index contributed by atoms with van der Waals surface area (Å²) in [6.45, 7) is 5.47. The summed E-state index contributed by atoms with van der Waals surface area (Å²) >= 11 is 0. The third-order valence-electron chi connectivity index (χ3n) is 4.67. The van der Waals surface area contributed by atoms with E-state index in [-0.39, 0.29) is 29.7 Å². The largest absolute Gasteiger partial charge is 0.487 e. The molecule has 2 N–H and O–H groups in total. The smallest absolute Gasteiger partial charge is 0.408 e. The van der Waals surface area contributed by atoms with Gasteiger partial charge in [0.2, 0.25) is 0 Å². The molecule has 1 aliphatic carbocycles. The molecule has 1 aliphatic heterocycles. The maximum absolute atomic E-state index is 12.0. The Labute approximate surface area is 168 Å². The molecular weight excluding hydrogens is 374 g/mol. The highest BCUT2D eigenvalue weighted by Gasteiger charge is 2.60. The first-order valence-electron chi connectivity index (χ1n) is 9.41. The van der Waals surface area contributed by atoms with Crippen LogP contribution in [0.1, 0.15) is 42.7 Å². The molecule has 0 radical (unpaired) electrons. The summed E-state index contributed by atoms with van der Waals surface area (Å²) in [5, 5.41) is 5.40. The van der Waals surface area contributed by atoms with E-state index in [4.69, 9.17) is 14.2 Å². The number of rotatable bonds is 4. The molecule has 4 rings (SSSR count). The van der Waals surface area contributed by atoms with Crippen LogP contribution in [0.2, 0.25) is 0 Å². The molecular formula is C21H23N3O5. The lowest BCUT2D eigenvalue weighted by Crippen LogP contribution is -2.36. The maximum atomic E-state index is 12.0. The molecule has 2 amide bonds. The summed E-state index contributed by atoms with van der Waals surface area (Å²) in [6.07, 6.45) is 0.982. The monoisotopic (exact) mass is 397 g/mol. The summed E-state index contributed by atoms with van der Waals surface area (Å²) in [6, 6.07) is 8.70. The molecule has 8 nitrogen and oxygen atoms in total. The van der Waals surface area contributed by atoms with Gasteiger partial charge in [0.05, 0.1) is 12.0 Å². The summed E-state index contributed by atoms with van der Waals surface area (Å²) in [5.74, 6) is 1.70. The fourth-order valence-electron chi connectivity index (χ4n) is 3.38. The molecule has 0 spiro atoms. The summed E-state index contributed by atoms with van der Waals surface area (Å²) in [4.78, 5) is 27.8. The average molecular weight is 397 g/mol. The molecule has 2 aliphatic rings. The van der Waals surface area contributed by atoms with Gasteiger partial charge in [-0.15, -0.1) is 0 Å². The SMILES string of the molecule is CNC(=O)c1cc(Oc2ccc3c(c2)C2C(NC(=O)OC(C)(C)C)C2O3)ccn1. The number of aromatic nitrogens is 1. The van der Waals surface area contributed by atoms with Gasteiger partial charge in [-0.25, -0.2) is 4.79 Å². The van der Waals surface area contributed by atoms with Gasteiger partial charge in [0.1, 0.15) is 34.6 Å². The lowest BCUT2D eigenvalue weighted by molar-refractivity contribution is 0.0514. The van der Waals surface area contributed by atoms with Gasteiger partial charge >= 0.3 is 6.09 Å². The summed E-state index contributed by atoms with van der Waals surface area (Å²) in [5.41, 5.74) is 0.707. The molecule has 29 heavy (non-hydrogen) atoms. The highest BCUT2D eigenvalue weighted by molar-refractivity contribution is 5.92. The molecule has 0 bridgehead atoms. The van der Waals surface area contributed by atoms with Crippen LogP contribution in [0.4, 0.5) is 4.79 Å². The molecule has 1 aromatic heterocycles. The van der Waals surface area contributed by atoms with Gasteiger partial charge in [0.25, 0.3) is 5.91 Å². The Balaban J connectivity index is 1.45. The van der Waals surface area contributed by atoms with E-state index in [1.807, 2.05) is 32.9 Å². The van der Waals surface area contributed by atoms with Crippen LogP contribution in [0.3, 0.4) is 0 Å². The number of amides is 2. The average Bonchev–Trinajstić information content (AvgIpc) is 3.16. The number of benzene rings is 1. The number of nitrogens with zero attached hydrogens (tertiary/aromatic N) is 1. The first-order valence-corrected chi connectivity index (χ1v) is 9.41. The fourth-order valence-corrected chi connectivity index (χ4v) is 3.38. The first kappa shape index (κ1) is 19.0. The number of carbonyl (C=O) groups excluding carboxylic acids is 2. The Hall–Kier alpha value is -3.29. The van der Waals surface area contributed by atoms with E-state index >= 15 is 0 Å². The number of pyridine rings is 1. The topological polar surface area (TPSA) is 98.8 Å². The number of carbonyl (C=O) groups is 2. The van der Waals surface area contributed by atoms with Gasteiger partial charge in [-0.2, -0.15) is 0 Å². The van der Waals surface area contributed by atoms with E-state index in [9.17, 15) is 9.59 Å². The third kappa shape index (κ3) is 3.96. The summed E-state index contributed by atoms with van der Waals surface area (Å²) < 4.78 is 17.1. The second-order valence-corrected chi connectivity index (χ2v) is 8.04. The van der Waals surface area contributed by atoms with Crippen LogP contribution < -0.4 is 20.1 Å². The molecule has 0 saturated heterocycles. The number of ether oxygens (including phenoxy) is 3. The van der Waals surface area contributed by atoms with E-state index in [2.05, 4.69) is 15.6 Å². The second kappa shape index (κ2) is 6.95. The number of nitrogens with one attached hydrogen (secondary N) is 2. The lowest BCUT2D eigenvalue weighted by Gasteiger charge is -2.20. The minimum Gasteiger partial charge on any atom is -0.487 e. The second-order valence-electron chi connectivity index (χ2n) is 8.04. The number of hydrogen-bond donors (Lipinski definition) is 2. The third-order valence-corrected chi connectivity index (χ3v) is 4.67. The highest BCUT2D eigenvalue weighted by atomic mass is 16.6. The molecule has 152 valence electrons. The van der Waals surface area contributed by atoms with E-state index in [0.717, 1.165) is 11.3 Å². The molecule has 2 heterocycles. The van der Waals surface area contributed by atoms with Crippen LogP contribution in [-0.2, 0) is 4.74 Å². The zero-order chi connectivity index (χ0) is 20.8. The Morgan fingerprint density at radius 2 is 1.90 bits per heavy atom. The van der Waals surface area contributed by atoms with Crippen LogP contribution in [-0.4, -0.2) is 41.8 Å². The van der Waals surface area contributed by atoms with E-state index in [1.54, 1.807) is 25.2 Å². The number of hydrogen-bond acceptors (Lipinski definition) is 6. The minimum atomic E-state index is -0.550. The van der Waals surface area contributed by atoms with Gasteiger partial charge in [0, 0.05) is 24.9 Å². The Bertz CT molecular complexity index is 969. The molecule has 3 atom stereocenters. The van der Waals surface area contributed by atoms with Gasteiger partial charge in [-0.3, -0.25) is 9.78 Å². The van der Waals surface area contributed by atoms with Crippen molar-refractivity contribution in [2.75, 3.05) is 7.05 Å². The fraction of sp³-hybridized carbons (Fsp3) is 0.381. The first-order chi connectivity index (χ1) is 13.7. The zero-order valence-electron chi connectivity index (χ0n) is 16.7. The van der Waals surface area contributed by atoms with Crippen molar-refractivity contribution in [1.29, 1.82) is 0 Å². The zero-order valence-corrected chi connectivity index (χ0v) is 16.7. The normalized spacial score (nSPS) is 21.3. The van der Waals surface area contributed by atoms with E-state index in [1.165, 1.54) is 6.20 Å². The van der Waals surface area contributed by atoms with Crippen molar-refractivity contribution < 1.29 is 23.8 Å². The van der Waals surface area contributed by atoms with Crippen LogP contribution >= 0.6 is 0 Å². The van der Waals surface area contributed by atoms with Crippen molar-refractivity contribution >= 4 is 12.0 Å². The van der Waals surface area contributed by atoms with Gasteiger partial charge in [-0.05, 0) is 45.0 Å². The van der Waals surface area contributed by atoms with Gasteiger partial charge in [-0.1, -0.05) is 0 Å². The van der Waals surface area contributed by atoms with Gasteiger partial charge in [0.15, 0.2) is 0 Å². The predicted octanol–water partition coefficient (Wildman–Crippen LogP) is 2.99. The number of alkyl carbamates (subject to hydrolysis) is 1. The Kier molecular flexibility index (Phi) is 4.56. The quantitative estimate of drug-likeness (QED) is 0.823. The Morgan fingerprint density at radius 1 is 1.14 bits per heavy atom. The van der Waals surface area contributed by atoms with Crippen LogP contribution in [0.5, 0.6) is 17.2 Å². The standard InChI is InChI=1S/C21H23N3O5/c1-21(2,3)29-20(26)24-17-16-13-9-11(5-6-15(13)28-18(16)17)27-12-7-8-23-14(10-12)19(25)22-4/h5-10,16-18H,1-4H3,(H,22,25)(H,24,26). The van der Waals surface area contributed by atoms with Crippen LogP contribution in [0, 0.1) is 0 Å². The van der Waals surface area contributed by atoms with Crippen molar-refractivity contribution in [3.63, 3.8) is 0 Å². The summed E-state index contributed by atoms with van der Waals surface area (Å²) in [7, 11) is 1.55. The van der Waals surface area contributed by atoms with Crippen LogP contribution in [0.15, 0.2) is 36.5 Å². The highest BCUT2D eigenvalue weighted by Crippen LogP contribution is 2.54. The minimum absolute atomic E-state index is 0.0694. The molecule has 8 heteroatoms. The molecule has 1 fully saturated rings. The predicted molar refractivity (Wildman–Crippen MR) is 104 cm³/mol. The van der Waals surface area contributed by atoms with Crippen molar-refractivity contribution in [2.45, 2.75) is 44.4 Å². The lowest BCUT2D eigenvalue weighted by atomic mass is 10.1. The molecule has 1 saturated carbocycles.